The summed E-state index contributed by atoms with van der Waals surface area (Å²) in [6.45, 7) is 8.46. The SMILES string of the molecule is CCN(c1ccccc1)c1cc(C)cc[n+]1CC. The van der Waals surface area contributed by atoms with Crippen molar-refractivity contribution in [1.82, 2.24) is 0 Å². The van der Waals surface area contributed by atoms with Crippen molar-refractivity contribution in [2.24, 2.45) is 0 Å². The minimum Gasteiger partial charge on any atom is -0.234 e. The molecule has 0 fully saturated rings. The fourth-order valence-corrected chi connectivity index (χ4v) is 2.20. The monoisotopic (exact) mass is 241 g/mol. The standard InChI is InChI=1S/C16H21N2/c1-4-17-12-11-14(3)13-16(17)18(5-2)15-9-7-6-8-10-15/h6-13H,4-5H2,1-3H3/q+1. The summed E-state index contributed by atoms with van der Waals surface area (Å²) in [5, 5.41) is 0. The second-order valence-corrected chi connectivity index (χ2v) is 4.43. The van der Waals surface area contributed by atoms with Gasteiger partial charge >= 0.3 is 0 Å². The molecule has 0 aliphatic rings. The molecule has 0 aliphatic carbocycles. The molecule has 0 atom stereocenters. The first-order chi connectivity index (χ1) is 8.76. The van der Waals surface area contributed by atoms with Gasteiger partial charge in [0.05, 0.1) is 19.3 Å². The van der Waals surface area contributed by atoms with Gasteiger partial charge in [-0.3, -0.25) is 0 Å². The van der Waals surface area contributed by atoms with E-state index >= 15 is 0 Å². The van der Waals surface area contributed by atoms with Crippen LogP contribution in [0.5, 0.6) is 0 Å². The highest BCUT2D eigenvalue weighted by Crippen LogP contribution is 2.22. The minimum atomic E-state index is 0.966. The maximum Gasteiger partial charge on any atom is 0.281 e. The lowest BCUT2D eigenvalue weighted by Gasteiger charge is -2.18. The predicted octanol–water partition coefficient (Wildman–Crippen LogP) is 3.46. The Bertz CT molecular complexity index is 506. The van der Waals surface area contributed by atoms with Gasteiger partial charge in [0.2, 0.25) is 0 Å². The van der Waals surface area contributed by atoms with Crippen molar-refractivity contribution in [2.45, 2.75) is 27.3 Å². The molecule has 2 heteroatoms. The van der Waals surface area contributed by atoms with E-state index in [0.29, 0.717) is 0 Å². The van der Waals surface area contributed by atoms with Gasteiger partial charge < -0.3 is 0 Å². The van der Waals surface area contributed by atoms with E-state index in [0.717, 1.165) is 13.1 Å². The molecule has 2 nitrogen and oxygen atoms in total. The second kappa shape index (κ2) is 5.67. The first kappa shape index (κ1) is 12.6. The third-order valence-corrected chi connectivity index (χ3v) is 3.17. The van der Waals surface area contributed by atoms with Crippen LogP contribution in [0.2, 0.25) is 0 Å². The fourth-order valence-electron chi connectivity index (χ4n) is 2.20. The smallest absolute Gasteiger partial charge is 0.234 e. The molecule has 0 amide bonds. The van der Waals surface area contributed by atoms with Gasteiger partial charge in [-0.25, -0.2) is 9.47 Å². The largest absolute Gasteiger partial charge is 0.281 e. The van der Waals surface area contributed by atoms with Gasteiger partial charge in [-0.05, 0) is 44.5 Å². The number of rotatable bonds is 4. The highest BCUT2D eigenvalue weighted by molar-refractivity contribution is 5.57. The summed E-state index contributed by atoms with van der Waals surface area (Å²) < 4.78 is 2.28. The van der Waals surface area contributed by atoms with E-state index in [-0.39, 0.29) is 0 Å². The number of anilines is 2. The van der Waals surface area contributed by atoms with Crippen LogP contribution in [-0.2, 0) is 6.54 Å². The minimum absolute atomic E-state index is 0.966. The Kier molecular flexibility index (Phi) is 3.98. The van der Waals surface area contributed by atoms with Crippen LogP contribution in [-0.4, -0.2) is 6.54 Å². The van der Waals surface area contributed by atoms with Gasteiger partial charge in [0.25, 0.3) is 5.82 Å². The normalized spacial score (nSPS) is 10.4. The molecule has 0 N–H and O–H groups in total. The quantitative estimate of drug-likeness (QED) is 0.744. The van der Waals surface area contributed by atoms with E-state index in [1.165, 1.54) is 17.1 Å². The lowest BCUT2D eigenvalue weighted by atomic mass is 10.2. The van der Waals surface area contributed by atoms with Gasteiger partial charge in [0.15, 0.2) is 0 Å². The molecular weight excluding hydrogens is 220 g/mol. The average Bonchev–Trinajstić information content (AvgIpc) is 2.41. The van der Waals surface area contributed by atoms with E-state index < -0.39 is 0 Å². The topological polar surface area (TPSA) is 7.12 Å². The zero-order valence-corrected chi connectivity index (χ0v) is 11.4. The van der Waals surface area contributed by atoms with Gasteiger partial charge in [-0.1, -0.05) is 18.2 Å². The first-order valence-electron chi connectivity index (χ1n) is 6.59. The highest BCUT2D eigenvalue weighted by atomic mass is 15.2. The molecule has 94 valence electrons. The van der Waals surface area contributed by atoms with Gasteiger partial charge in [-0.15, -0.1) is 0 Å². The average molecular weight is 241 g/mol. The number of hydrogen-bond acceptors (Lipinski definition) is 1. The molecule has 0 radical (unpaired) electrons. The van der Waals surface area contributed by atoms with Crippen LogP contribution in [0.1, 0.15) is 19.4 Å². The van der Waals surface area contributed by atoms with Crippen molar-refractivity contribution in [3.8, 4) is 0 Å². The molecular formula is C16H21N2+. The summed E-state index contributed by atoms with van der Waals surface area (Å²) in [6.07, 6.45) is 2.16. The van der Waals surface area contributed by atoms with E-state index in [2.05, 4.69) is 78.9 Å². The summed E-state index contributed by atoms with van der Waals surface area (Å²) in [4.78, 5) is 2.34. The number of benzene rings is 1. The lowest BCUT2D eigenvalue weighted by Crippen LogP contribution is -2.39. The van der Waals surface area contributed by atoms with Crippen LogP contribution < -0.4 is 9.47 Å². The molecule has 0 aliphatic heterocycles. The zero-order valence-electron chi connectivity index (χ0n) is 11.4. The van der Waals surface area contributed by atoms with Crippen LogP contribution in [0, 0.1) is 6.92 Å². The Balaban J connectivity index is 2.48. The molecule has 0 bridgehead atoms. The fraction of sp³-hybridized carbons (Fsp3) is 0.312. The number of aryl methyl sites for hydroxylation is 2. The summed E-state index contributed by atoms with van der Waals surface area (Å²) in [6, 6.07) is 15.0. The number of para-hydroxylation sites is 1. The highest BCUT2D eigenvalue weighted by Gasteiger charge is 2.19. The van der Waals surface area contributed by atoms with Crippen molar-refractivity contribution >= 4 is 11.5 Å². The maximum atomic E-state index is 2.34. The number of aromatic nitrogens is 1. The van der Waals surface area contributed by atoms with E-state index in [9.17, 15) is 0 Å². The molecule has 0 unspecified atom stereocenters. The van der Waals surface area contributed by atoms with E-state index in [1.54, 1.807) is 0 Å². The molecule has 18 heavy (non-hydrogen) atoms. The van der Waals surface area contributed by atoms with Crippen molar-refractivity contribution in [3.05, 3.63) is 54.2 Å². The lowest BCUT2D eigenvalue weighted by molar-refractivity contribution is -0.681. The third kappa shape index (κ3) is 2.53. The molecule has 0 spiro atoms. The number of hydrogen-bond donors (Lipinski definition) is 0. The van der Waals surface area contributed by atoms with Crippen molar-refractivity contribution in [1.29, 1.82) is 0 Å². The van der Waals surface area contributed by atoms with Crippen molar-refractivity contribution in [3.63, 3.8) is 0 Å². The number of pyridine rings is 1. The molecule has 1 heterocycles. The summed E-state index contributed by atoms with van der Waals surface area (Å²) in [5.74, 6) is 1.26. The Morgan fingerprint density at radius 1 is 1.06 bits per heavy atom. The Morgan fingerprint density at radius 2 is 1.78 bits per heavy atom. The van der Waals surface area contributed by atoms with Crippen molar-refractivity contribution in [2.75, 3.05) is 11.4 Å². The zero-order chi connectivity index (χ0) is 13.0. The third-order valence-electron chi connectivity index (χ3n) is 3.17. The molecule has 2 rings (SSSR count). The van der Waals surface area contributed by atoms with Crippen LogP contribution >= 0.6 is 0 Å². The maximum absolute atomic E-state index is 2.34. The van der Waals surface area contributed by atoms with Crippen LogP contribution in [0.4, 0.5) is 11.5 Å². The van der Waals surface area contributed by atoms with Gasteiger partial charge in [-0.2, -0.15) is 0 Å². The second-order valence-electron chi connectivity index (χ2n) is 4.43. The van der Waals surface area contributed by atoms with Crippen LogP contribution in [0.25, 0.3) is 0 Å². The van der Waals surface area contributed by atoms with Gasteiger partial charge in [0, 0.05) is 6.07 Å². The Hall–Kier alpha value is -1.83. The Labute approximate surface area is 110 Å². The van der Waals surface area contributed by atoms with Gasteiger partial charge in [0.1, 0.15) is 5.69 Å². The predicted molar refractivity (Wildman–Crippen MR) is 76.2 cm³/mol. The molecule has 1 aromatic heterocycles. The molecule has 2 aromatic rings. The Morgan fingerprint density at radius 3 is 2.39 bits per heavy atom. The van der Waals surface area contributed by atoms with Crippen molar-refractivity contribution < 1.29 is 4.57 Å². The van der Waals surface area contributed by atoms with Crippen LogP contribution in [0.15, 0.2) is 48.7 Å². The molecule has 0 saturated heterocycles. The first-order valence-corrected chi connectivity index (χ1v) is 6.59. The van der Waals surface area contributed by atoms with E-state index in [4.69, 9.17) is 0 Å². The summed E-state index contributed by atoms with van der Waals surface area (Å²) in [5.41, 5.74) is 2.54. The molecule has 1 aromatic carbocycles. The van der Waals surface area contributed by atoms with E-state index in [1.807, 2.05) is 0 Å². The summed E-state index contributed by atoms with van der Waals surface area (Å²) in [7, 11) is 0. The van der Waals surface area contributed by atoms with Crippen LogP contribution in [0.3, 0.4) is 0 Å². The summed E-state index contributed by atoms with van der Waals surface area (Å²) >= 11 is 0. The number of nitrogens with zero attached hydrogens (tertiary/aromatic N) is 2. The molecule has 0 saturated carbocycles.